The number of anilines is 2. The molecule has 5 N–H and O–H groups in total. The lowest BCUT2D eigenvalue weighted by Crippen LogP contribution is -2.04. The monoisotopic (exact) mass is 694 g/mol. The van der Waals surface area contributed by atoms with Crippen molar-refractivity contribution in [3.63, 3.8) is 0 Å². The predicted molar refractivity (Wildman–Crippen MR) is 161 cm³/mol. The SMILES string of the molecule is Cc1nc(Cl)nc(Nc2cc(S(=O)(=O)O)cc3cc(C)c(N=Nc4ccc5c(S(=O)(=O)O)cccc5c4S(=O)(=O)O)c(O)c23)n1. The van der Waals surface area contributed by atoms with Crippen LogP contribution < -0.4 is 5.32 Å². The van der Waals surface area contributed by atoms with E-state index in [1.54, 1.807) is 0 Å². The van der Waals surface area contributed by atoms with Crippen LogP contribution in [0.1, 0.15) is 11.4 Å². The Kier molecular flexibility index (Phi) is 7.98. The van der Waals surface area contributed by atoms with Crippen LogP contribution >= 0.6 is 11.6 Å². The van der Waals surface area contributed by atoms with Crippen molar-refractivity contribution in [3.8, 4) is 5.75 Å². The molecule has 45 heavy (non-hydrogen) atoms. The molecule has 0 fully saturated rings. The molecule has 0 atom stereocenters. The van der Waals surface area contributed by atoms with Gasteiger partial charge in [-0.3, -0.25) is 13.7 Å². The highest BCUT2D eigenvalue weighted by Crippen LogP contribution is 2.44. The van der Waals surface area contributed by atoms with Gasteiger partial charge in [-0.2, -0.15) is 35.2 Å². The molecule has 0 aliphatic carbocycles. The Hall–Kier alpha value is -4.37. The van der Waals surface area contributed by atoms with Crippen LogP contribution in [-0.2, 0) is 30.4 Å². The van der Waals surface area contributed by atoms with Gasteiger partial charge in [0.15, 0.2) is 5.75 Å². The van der Waals surface area contributed by atoms with Crippen molar-refractivity contribution in [2.75, 3.05) is 5.32 Å². The molecule has 4 aromatic carbocycles. The first-order valence-corrected chi connectivity index (χ1v) is 16.9. The average molecular weight is 695 g/mol. The number of phenols is 1. The maximum atomic E-state index is 12.4. The molecule has 5 aromatic rings. The highest BCUT2D eigenvalue weighted by molar-refractivity contribution is 7.86. The zero-order valence-electron chi connectivity index (χ0n) is 22.7. The first-order chi connectivity index (χ1) is 20.8. The molecule has 0 aliphatic rings. The molecule has 20 heteroatoms. The number of nitrogens with one attached hydrogen (secondary N) is 1. The summed E-state index contributed by atoms with van der Waals surface area (Å²) in [6.07, 6.45) is 0. The third-order valence-corrected chi connectivity index (χ3v) is 9.22. The van der Waals surface area contributed by atoms with E-state index < -0.39 is 56.5 Å². The van der Waals surface area contributed by atoms with E-state index in [1.807, 2.05) is 0 Å². The minimum atomic E-state index is -5.06. The smallest absolute Gasteiger partial charge is 0.297 e. The number of hydrogen-bond acceptors (Lipinski definition) is 13. The summed E-state index contributed by atoms with van der Waals surface area (Å²) in [4.78, 5) is 9.84. The van der Waals surface area contributed by atoms with Gasteiger partial charge in [-0.15, -0.1) is 10.2 Å². The third kappa shape index (κ3) is 6.40. The van der Waals surface area contributed by atoms with Gasteiger partial charge in [-0.25, -0.2) is 4.98 Å². The normalized spacial score (nSPS) is 12.8. The molecule has 0 radical (unpaired) electrons. The summed E-state index contributed by atoms with van der Waals surface area (Å²) in [6, 6.07) is 9.03. The number of rotatable bonds is 7. The quantitative estimate of drug-likeness (QED) is 0.110. The Bertz CT molecular complexity index is 2420. The molecule has 1 heterocycles. The molecule has 0 bridgehead atoms. The predicted octanol–water partition coefficient (Wildman–Crippen LogP) is 5.05. The van der Waals surface area contributed by atoms with E-state index in [0.717, 1.165) is 36.4 Å². The number of aromatic hydroxyl groups is 1. The van der Waals surface area contributed by atoms with Crippen LogP contribution in [0.2, 0.25) is 5.28 Å². The lowest BCUT2D eigenvalue weighted by Gasteiger charge is -2.15. The van der Waals surface area contributed by atoms with Crippen molar-refractivity contribution in [2.24, 2.45) is 10.2 Å². The molecule has 0 amide bonds. The molecule has 234 valence electrons. The van der Waals surface area contributed by atoms with Crippen molar-refractivity contribution in [2.45, 2.75) is 28.5 Å². The Morgan fingerprint density at radius 3 is 2.13 bits per heavy atom. The highest BCUT2D eigenvalue weighted by atomic mass is 35.5. The van der Waals surface area contributed by atoms with E-state index in [9.17, 15) is 44.0 Å². The first-order valence-electron chi connectivity index (χ1n) is 12.2. The largest absolute Gasteiger partial charge is 0.505 e. The Labute approximate surface area is 259 Å². The Morgan fingerprint density at radius 1 is 0.800 bits per heavy atom. The maximum absolute atomic E-state index is 12.4. The number of benzene rings is 4. The molecule has 1 aromatic heterocycles. The lowest BCUT2D eigenvalue weighted by molar-refractivity contribution is 0.480. The van der Waals surface area contributed by atoms with Gasteiger partial charge < -0.3 is 10.4 Å². The van der Waals surface area contributed by atoms with Gasteiger partial charge in [0.25, 0.3) is 30.4 Å². The Morgan fingerprint density at radius 2 is 1.51 bits per heavy atom. The van der Waals surface area contributed by atoms with Gasteiger partial charge in [0.1, 0.15) is 27.0 Å². The topological polar surface area (TPSA) is 259 Å². The zero-order chi connectivity index (χ0) is 33.1. The van der Waals surface area contributed by atoms with E-state index in [0.29, 0.717) is 0 Å². The van der Waals surface area contributed by atoms with Crippen LogP contribution in [0.4, 0.5) is 23.0 Å². The molecular weight excluding hydrogens is 676 g/mol. The number of hydrogen-bond donors (Lipinski definition) is 5. The van der Waals surface area contributed by atoms with Crippen molar-refractivity contribution in [1.29, 1.82) is 0 Å². The molecule has 5 rings (SSSR count). The van der Waals surface area contributed by atoms with Gasteiger partial charge in [0.2, 0.25) is 11.2 Å². The second-order valence-corrected chi connectivity index (χ2v) is 14.0. The van der Waals surface area contributed by atoms with Crippen molar-refractivity contribution < 1.29 is 44.0 Å². The van der Waals surface area contributed by atoms with E-state index in [1.165, 1.54) is 26.0 Å². The molecule has 0 spiro atoms. The average Bonchev–Trinajstić information content (AvgIpc) is 2.89. The summed E-state index contributed by atoms with van der Waals surface area (Å²) in [5.74, 6) is -0.503. The molecule has 0 aliphatic heterocycles. The summed E-state index contributed by atoms with van der Waals surface area (Å²) in [7, 11) is -14.6. The van der Waals surface area contributed by atoms with Crippen molar-refractivity contribution >= 4 is 86.5 Å². The van der Waals surface area contributed by atoms with Gasteiger partial charge in [0.05, 0.1) is 10.6 Å². The number of aryl methyl sites for hydroxylation is 2. The van der Waals surface area contributed by atoms with Crippen LogP contribution in [0.5, 0.6) is 5.75 Å². The third-order valence-electron chi connectivity index (χ3n) is 6.36. The molecule has 16 nitrogen and oxygen atoms in total. The molecule has 0 unspecified atom stereocenters. The summed E-state index contributed by atoms with van der Waals surface area (Å²) in [6.45, 7) is 2.99. The lowest BCUT2D eigenvalue weighted by atomic mass is 10.0. The summed E-state index contributed by atoms with van der Waals surface area (Å²) in [5, 5.41) is 21.4. The van der Waals surface area contributed by atoms with Crippen LogP contribution in [-0.4, -0.2) is 59.0 Å². The number of halogens is 1. The highest BCUT2D eigenvalue weighted by Gasteiger charge is 2.24. The molecule has 0 saturated carbocycles. The van der Waals surface area contributed by atoms with E-state index in [4.69, 9.17) is 11.6 Å². The number of aromatic nitrogens is 3. The summed E-state index contributed by atoms with van der Waals surface area (Å²) in [5.41, 5.74) is -0.572. The standard InChI is InChI=1S/C25H19ClN6O10S3/c1-11-8-13-9-14(43(34,35)36)10-18(29-25-28-12(2)27-24(26)30-25)20(13)22(33)21(11)32-31-17-7-6-15-16(23(17)45(40,41)42)4-3-5-19(15)44(37,38)39/h3-10,33H,1-2H3,(H,34,35,36)(H,37,38,39)(H,40,41,42)(H,27,28,29,30). The molecular formula is C25H19ClN6O10S3. The van der Waals surface area contributed by atoms with Crippen molar-refractivity contribution in [3.05, 3.63) is 65.2 Å². The van der Waals surface area contributed by atoms with Gasteiger partial charge in [-0.1, -0.05) is 18.2 Å². The van der Waals surface area contributed by atoms with Crippen LogP contribution in [0, 0.1) is 13.8 Å². The number of phenolic OH excluding ortho intramolecular Hbond substituents is 1. The van der Waals surface area contributed by atoms with Gasteiger partial charge >= 0.3 is 0 Å². The van der Waals surface area contributed by atoms with E-state index in [2.05, 4.69) is 30.5 Å². The summed E-state index contributed by atoms with van der Waals surface area (Å²) < 4.78 is 102. The minimum absolute atomic E-state index is 0.0394. The minimum Gasteiger partial charge on any atom is -0.505 e. The number of nitrogens with zero attached hydrogens (tertiary/aromatic N) is 5. The van der Waals surface area contributed by atoms with Gasteiger partial charge in [-0.05, 0) is 66.7 Å². The van der Waals surface area contributed by atoms with Crippen molar-refractivity contribution in [1.82, 2.24) is 15.0 Å². The zero-order valence-corrected chi connectivity index (χ0v) is 25.9. The number of azo groups is 1. The van der Waals surface area contributed by atoms with Gasteiger partial charge in [0, 0.05) is 16.2 Å². The Balaban J connectivity index is 1.74. The maximum Gasteiger partial charge on any atom is 0.297 e. The fourth-order valence-electron chi connectivity index (χ4n) is 4.59. The van der Waals surface area contributed by atoms with Crippen LogP contribution in [0.15, 0.2) is 73.4 Å². The summed E-state index contributed by atoms with van der Waals surface area (Å²) >= 11 is 5.91. The second kappa shape index (κ2) is 11.2. The fraction of sp³-hybridized carbons (Fsp3) is 0.0800. The molecule has 0 saturated heterocycles. The second-order valence-electron chi connectivity index (χ2n) is 9.45. The van der Waals surface area contributed by atoms with E-state index in [-0.39, 0.29) is 55.5 Å². The first kappa shape index (κ1) is 32.0. The number of fused-ring (bicyclic) bond motifs is 2. The fourth-order valence-corrected chi connectivity index (χ4v) is 6.87. The van der Waals surface area contributed by atoms with E-state index >= 15 is 0 Å². The van der Waals surface area contributed by atoms with Crippen LogP contribution in [0.25, 0.3) is 21.5 Å². The van der Waals surface area contributed by atoms with Crippen LogP contribution in [0.3, 0.4) is 0 Å².